The van der Waals surface area contributed by atoms with E-state index in [1.807, 2.05) is 6.07 Å². The van der Waals surface area contributed by atoms with E-state index < -0.39 is 21.4 Å². The van der Waals surface area contributed by atoms with Crippen molar-refractivity contribution in [3.63, 3.8) is 0 Å². The van der Waals surface area contributed by atoms with Crippen LogP contribution in [-0.2, 0) is 10.0 Å². The number of halogens is 1. The molecule has 0 radical (unpaired) electrons. The van der Waals surface area contributed by atoms with Gasteiger partial charge in [-0.3, -0.25) is 0 Å². The molecular weight excluding hydrogens is 257 g/mol. The lowest BCUT2D eigenvalue weighted by molar-refractivity contribution is 0.574. The third kappa shape index (κ3) is 3.27. The highest BCUT2D eigenvalue weighted by atomic mass is 32.2. The summed E-state index contributed by atoms with van der Waals surface area (Å²) in [5.41, 5.74) is -0.509. The SMILES string of the molecule is N#CCCCNS(=O)(=O)c1cccc(F)c1C#N. The third-order valence-corrected chi connectivity index (χ3v) is 3.64. The Kier molecular flexibility index (Phi) is 4.78. The van der Waals surface area contributed by atoms with Crippen molar-refractivity contribution in [1.29, 1.82) is 10.5 Å². The Labute approximate surface area is 105 Å². The maximum atomic E-state index is 13.3. The zero-order valence-corrected chi connectivity index (χ0v) is 10.2. The molecule has 18 heavy (non-hydrogen) atoms. The first-order chi connectivity index (χ1) is 8.53. The Morgan fingerprint density at radius 2 is 2.06 bits per heavy atom. The monoisotopic (exact) mass is 267 g/mol. The molecule has 5 nitrogen and oxygen atoms in total. The number of nitrogens with one attached hydrogen (secondary N) is 1. The highest BCUT2D eigenvalue weighted by Crippen LogP contribution is 2.17. The Bertz CT molecular complexity index is 614. The van der Waals surface area contributed by atoms with Crippen LogP contribution in [0.5, 0.6) is 0 Å². The number of rotatable bonds is 5. The second-order valence-electron chi connectivity index (χ2n) is 3.38. The number of nitriles is 2. The largest absolute Gasteiger partial charge is 0.241 e. The number of nitrogens with zero attached hydrogens (tertiary/aromatic N) is 2. The van der Waals surface area contributed by atoms with E-state index in [4.69, 9.17) is 10.5 Å². The Morgan fingerprint density at radius 3 is 2.67 bits per heavy atom. The summed E-state index contributed by atoms with van der Waals surface area (Å²) in [6.07, 6.45) is 0.573. The smallest absolute Gasteiger partial charge is 0.211 e. The van der Waals surface area contributed by atoms with Gasteiger partial charge in [0.05, 0.1) is 6.07 Å². The summed E-state index contributed by atoms with van der Waals surface area (Å²) >= 11 is 0. The number of hydrogen-bond acceptors (Lipinski definition) is 4. The average molecular weight is 267 g/mol. The van der Waals surface area contributed by atoms with Gasteiger partial charge < -0.3 is 0 Å². The Balaban J connectivity index is 2.97. The first-order valence-electron chi connectivity index (χ1n) is 5.08. The van der Waals surface area contributed by atoms with Crippen molar-refractivity contribution in [1.82, 2.24) is 4.72 Å². The molecule has 0 heterocycles. The summed E-state index contributed by atoms with van der Waals surface area (Å²) < 4.78 is 39.1. The molecule has 1 rings (SSSR count). The summed E-state index contributed by atoms with van der Waals surface area (Å²) in [6.45, 7) is 0.0667. The van der Waals surface area contributed by atoms with Crippen LogP contribution in [0.3, 0.4) is 0 Å². The number of benzene rings is 1. The minimum Gasteiger partial charge on any atom is -0.211 e. The highest BCUT2D eigenvalue weighted by Gasteiger charge is 2.20. The standard InChI is InChI=1S/C11H10FN3O2S/c12-10-4-3-5-11(9(10)8-14)18(16,17)15-7-2-1-6-13/h3-5,15H,1-2,7H2. The molecule has 0 bridgehead atoms. The summed E-state index contributed by atoms with van der Waals surface area (Å²) in [6, 6.07) is 6.81. The fourth-order valence-electron chi connectivity index (χ4n) is 1.29. The minimum atomic E-state index is -3.93. The second-order valence-corrected chi connectivity index (χ2v) is 5.12. The summed E-state index contributed by atoms with van der Waals surface area (Å²) in [4.78, 5) is -0.387. The van der Waals surface area contributed by atoms with Crippen molar-refractivity contribution in [3.05, 3.63) is 29.6 Å². The molecule has 1 aromatic carbocycles. The van der Waals surface area contributed by atoms with E-state index >= 15 is 0 Å². The van der Waals surface area contributed by atoms with Crippen molar-refractivity contribution in [2.75, 3.05) is 6.54 Å². The molecule has 0 aliphatic rings. The lowest BCUT2D eigenvalue weighted by Gasteiger charge is -2.07. The van der Waals surface area contributed by atoms with Gasteiger partial charge in [0, 0.05) is 13.0 Å². The summed E-state index contributed by atoms with van der Waals surface area (Å²) in [5, 5.41) is 17.1. The molecule has 0 saturated carbocycles. The molecule has 0 atom stereocenters. The second kappa shape index (κ2) is 6.10. The van der Waals surface area contributed by atoms with E-state index in [1.165, 1.54) is 12.1 Å². The molecule has 0 unspecified atom stereocenters. The van der Waals surface area contributed by atoms with Crippen LogP contribution in [0.25, 0.3) is 0 Å². The molecule has 0 spiro atoms. The van der Waals surface area contributed by atoms with Gasteiger partial charge in [0.2, 0.25) is 10.0 Å². The fourth-order valence-corrected chi connectivity index (χ4v) is 2.53. The van der Waals surface area contributed by atoms with Gasteiger partial charge in [0.15, 0.2) is 0 Å². The van der Waals surface area contributed by atoms with Crippen molar-refractivity contribution < 1.29 is 12.8 Å². The Hall–Kier alpha value is -1.96. The van der Waals surface area contributed by atoms with Crippen LogP contribution in [0.15, 0.2) is 23.1 Å². The van der Waals surface area contributed by atoms with Gasteiger partial charge in [-0.05, 0) is 18.6 Å². The first-order valence-corrected chi connectivity index (χ1v) is 6.56. The maximum absolute atomic E-state index is 13.3. The van der Waals surface area contributed by atoms with Gasteiger partial charge in [-0.1, -0.05) is 6.07 Å². The first kappa shape index (κ1) is 14.1. The van der Waals surface area contributed by atoms with Gasteiger partial charge in [-0.25, -0.2) is 17.5 Å². The lowest BCUT2D eigenvalue weighted by atomic mass is 10.2. The molecule has 0 amide bonds. The number of hydrogen-bond donors (Lipinski definition) is 1. The Morgan fingerprint density at radius 1 is 1.33 bits per heavy atom. The van der Waals surface area contributed by atoms with Crippen LogP contribution >= 0.6 is 0 Å². The fraction of sp³-hybridized carbons (Fsp3) is 0.273. The van der Waals surface area contributed by atoms with Gasteiger partial charge in [0.25, 0.3) is 0 Å². The zero-order valence-electron chi connectivity index (χ0n) is 9.35. The predicted octanol–water partition coefficient (Wildman–Crippen LogP) is 1.28. The molecular formula is C11H10FN3O2S. The van der Waals surface area contributed by atoms with Crippen LogP contribution < -0.4 is 4.72 Å². The molecule has 0 saturated heterocycles. The van der Waals surface area contributed by atoms with E-state index in [1.54, 1.807) is 0 Å². The topological polar surface area (TPSA) is 93.8 Å². The van der Waals surface area contributed by atoms with Gasteiger partial charge in [-0.2, -0.15) is 10.5 Å². The molecule has 7 heteroatoms. The van der Waals surface area contributed by atoms with E-state index in [0.717, 1.165) is 12.1 Å². The van der Waals surface area contributed by atoms with E-state index in [2.05, 4.69) is 4.72 Å². The quantitative estimate of drug-likeness (QED) is 0.813. The van der Waals surface area contributed by atoms with Crippen LogP contribution in [0.2, 0.25) is 0 Å². The third-order valence-electron chi connectivity index (χ3n) is 2.13. The molecule has 0 aliphatic heterocycles. The zero-order chi connectivity index (χ0) is 13.6. The summed E-state index contributed by atoms with van der Waals surface area (Å²) in [5.74, 6) is -0.877. The van der Waals surface area contributed by atoms with Crippen molar-refractivity contribution in [2.45, 2.75) is 17.7 Å². The number of sulfonamides is 1. The normalized spacial score (nSPS) is 10.6. The van der Waals surface area contributed by atoms with E-state index in [9.17, 15) is 12.8 Å². The molecule has 0 aromatic heterocycles. The molecule has 0 fully saturated rings. The van der Waals surface area contributed by atoms with Crippen LogP contribution in [0, 0.1) is 28.5 Å². The highest BCUT2D eigenvalue weighted by molar-refractivity contribution is 7.89. The maximum Gasteiger partial charge on any atom is 0.241 e. The van der Waals surface area contributed by atoms with Crippen LogP contribution in [0.1, 0.15) is 18.4 Å². The van der Waals surface area contributed by atoms with E-state index in [0.29, 0.717) is 6.42 Å². The van der Waals surface area contributed by atoms with E-state index in [-0.39, 0.29) is 17.9 Å². The van der Waals surface area contributed by atoms with Gasteiger partial charge >= 0.3 is 0 Å². The predicted molar refractivity (Wildman–Crippen MR) is 61.2 cm³/mol. The average Bonchev–Trinajstić information content (AvgIpc) is 2.34. The summed E-state index contributed by atoms with van der Waals surface area (Å²) in [7, 11) is -3.93. The minimum absolute atomic E-state index is 0.0667. The van der Waals surface area contributed by atoms with Crippen LogP contribution in [0.4, 0.5) is 4.39 Å². The molecule has 94 valence electrons. The molecule has 1 N–H and O–H groups in total. The lowest BCUT2D eigenvalue weighted by Crippen LogP contribution is -2.25. The van der Waals surface area contributed by atoms with Gasteiger partial charge in [-0.15, -0.1) is 0 Å². The number of unbranched alkanes of at least 4 members (excludes halogenated alkanes) is 1. The van der Waals surface area contributed by atoms with Crippen molar-refractivity contribution in [3.8, 4) is 12.1 Å². The van der Waals surface area contributed by atoms with Crippen molar-refractivity contribution >= 4 is 10.0 Å². The van der Waals surface area contributed by atoms with Crippen molar-refractivity contribution in [2.24, 2.45) is 0 Å². The molecule has 1 aromatic rings. The molecule has 0 aliphatic carbocycles. The van der Waals surface area contributed by atoms with Gasteiger partial charge in [0.1, 0.15) is 22.3 Å². The van der Waals surface area contributed by atoms with Crippen LogP contribution in [-0.4, -0.2) is 15.0 Å².